The predicted molar refractivity (Wildman–Crippen MR) is 69.7 cm³/mol. The van der Waals surface area contributed by atoms with Crippen LogP contribution in [0.2, 0.25) is 0 Å². The molecule has 0 amide bonds. The number of para-hydroxylation sites is 1. The minimum Gasteiger partial charge on any atom is -0.375 e. The highest BCUT2D eigenvalue weighted by Gasteiger charge is 2.40. The number of hydrogen-bond donors (Lipinski definition) is 0. The maximum absolute atomic E-state index is 5.62. The first-order valence-corrected chi connectivity index (χ1v) is 6.17. The van der Waals surface area contributed by atoms with E-state index in [0.29, 0.717) is 10.6 Å². The van der Waals surface area contributed by atoms with E-state index in [-0.39, 0.29) is 0 Å². The van der Waals surface area contributed by atoms with Crippen LogP contribution in [0.15, 0.2) is 47.7 Å². The van der Waals surface area contributed by atoms with Crippen LogP contribution < -0.4 is 4.59 Å². The van der Waals surface area contributed by atoms with Gasteiger partial charge in [0.1, 0.15) is 18.8 Å². The molecule has 1 aromatic rings. The molecule has 3 heteroatoms. The lowest BCUT2D eigenvalue weighted by Crippen LogP contribution is -2.50. The predicted octanol–water partition coefficient (Wildman–Crippen LogP) is 2.69. The molecule has 0 aromatic heterocycles. The van der Waals surface area contributed by atoms with Crippen molar-refractivity contribution in [3.05, 3.63) is 42.6 Å². The van der Waals surface area contributed by atoms with Gasteiger partial charge in [0, 0.05) is 31.2 Å². The average Bonchev–Trinajstić information content (AvgIpc) is 2.91. The van der Waals surface area contributed by atoms with Gasteiger partial charge in [-0.3, -0.25) is 0 Å². The second-order valence-electron chi connectivity index (χ2n) is 4.55. The Morgan fingerprint density at radius 2 is 2.12 bits per heavy atom. The highest BCUT2D eigenvalue weighted by atomic mass is 16.5. The minimum atomic E-state index is 0.404. The van der Waals surface area contributed by atoms with Crippen molar-refractivity contribution in [2.24, 2.45) is 5.10 Å². The molecule has 2 aliphatic rings. The molecule has 3 nitrogen and oxygen atoms in total. The van der Waals surface area contributed by atoms with Crippen molar-refractivity contribution in [3.63, 3.8) is 0 Å². The zero-order valence-corrected chi connectivity index (χ0v) is 9.83. The van der Waals surface area contributed by atoms with E-state index in [0.717, 1.165) is 26.1 Å². The Bertz CT molecular complexity index is 421. The van der Waals surface area contributed by atoms with Crippen LogP contribution in [0.5, 0.6) is 0 Å². The normalized spacial score (nSPS) is 31.9. The molecule has 2 heterocycles. The number of nitrogens with zero attached hydrogens (tertiary/aromatic N) is 2. The number of ether oxygens (including phenoxy) is 1. The number of benzene rings is 1. The monoisotopic (exact) mass is 229 g/mol. The van der Waals surface area contributed by atoms with Crippen LogP contribution in [0.4, 0.5) is 5.69 Å². The molecule has 0 saturated carbocycles. The molecule has 1 aromatic carbocycles. The third-order valence-electron chi connectivity index (χ3n) is 3.52. The van der Waals surface area contributed by atoms with Crippen LogP contribution in [0, 0.1) is 0 Å². The third kappa shape index (κ3) is 1.81. The minimum absolute atomic E-state index is 0.404. The Hall–Kier alpha value is -1.45. The molecule has 2 atom stereocenters. The molecule has 0 N–H and O–H groups in total. The van der Waals surface area contributed by atoms with Crippen LogP contribution in [0.25, 0.3) is 0 Å². The van der Waals surface area contributed by atoms with Crippen LogP contribution >= 0.6 is 0 Å². The van der Waals surface area contributed by atoms with Crippen LogP contribution in [-0.2, 0) is 4.74 Å². The molecule has 1 fully saturated rings. The molecule has 17 heavy (non-hydrogen) atoms. The highest BCUT2D eigenvalue weighted by Crippen LogP contribution is 2.33. The fourth-order valence-corrected chi connectivity index (χ4v) is 2.64. The van der Waals surface area contributed by atoms with E-state index in [4.69, 9.17) is 4.74 Å². The summed E-state index contributed by atoms with van der Waals surface area (Å²) < 4.78 is 6.19. The summed E-state index contributed by atoms with van der Waals surface area (Å²) in [6.07, 6.45) is 8.37. The summed E-state index contributed by atoms with van der Waals surface area (Å²) >= 11 is 0. The lowest BCUT2D eigenvalue weighted by molar-refractivity contribution is 0.0385. The number of allylic oxidation sites excluding steroid dienone is 1. The van der Waals surface area contributed by atoms with Crippen molar-refractivity contribution in [1.82, 2.24) is 4.59 Å². The SMILES string of the molecule is C1=C[N+](c2ccccc2)(C2CCCOC2)N=C1. The molecule has 0 aliphatic carbocycles. The van der Waals surface area contributed by atoms with Crippen molar-refractivity contribution >= 4 is 11.9 Å². The maximum atomic E-state index is 5.62. The average molecular weight is 229 g/mol. The molecular formula is C14H17N2O+. The van der Waals surface area contributed by atoms with Crippen LogP contribution in [-0.4, -0.2) is 25.5 Å². The second-order valence-corrected chi connectivity index (χ2v) is 4.55. The molecule has 3 rings (SSSR count). The van der Waals surface area contributed by atoms with Gasteiger partial charge in [0.15, 0.2) is 5.69 Å². The van der Waals surface area contributed by atoms with Gasteiger partial charge in [-0.25, -0.2) is 0 Å². The van der Waals surface area contributed by atoms with Crippen molar-refractivity contribution in [3.8, 4) is 0 Å². The number of rotatable bonds is 2. The summed E-state index contributed by atoms with van der Waals surface area (Å²) in [6, 6.07) is 10.9. The Morgan fingerprint density at radius 1 is 1.24 bits per heavy atom. The van der Waals surface area contributed by atoms with Crippen molar-refractivity contribution in [2.45, 2.75) is 18.9 Å². The Kier molecular flexibility index (Phi) is 2.79. The summed E-state index contributed by atoms with van der Waals surface area (Å²) in [5.41, 5.74) is 1.22. The molecule has 2 unspecified atom stereocenters. The fraction of sp³-hybridized carbons (Fsp3) is 0.357. The molecule has 88 valence electrons. The van der Waals surface area contributed by atoms with E-state index in [1.165, 1.54) is 5.69 Å². The Balaban J connectivity index is 1.99. The maximum Gasteiger partial charge on any atom is 0.164 e. The first-order valence-electron chi connectivity index (χ1n) is 6.17. The standard InChI is InChI=1S/C14H17N2O/c1-2-6-13(7-3-1)16(10-5-9-15-16)14-8-4-11-17-12-14/h1-3,5-7,9-10,14H,4,8,11-12H2/q+1. The zero-order valence-electron chi connectivity index (χ0n) is 9.83. The third-order valence-corrected chi connectivity index (χ3v) is 3.52. The van der Waals surface area contributed by atoms with Gasteiger partial charge in [0.2, 0.25) is 0 Å². The first-order chi connectivity index (χ1) is 8.42. The number of quaternary nitrogens is 1. The van der Waals surface area contributed by atoms with E-state index < -0.39 is 0 Å². The number of hydrogen-bond acceptors (Lipinski definition) is 2. The van der Waals surface area contributed by atoms with Crippen molar-refractivity contribution in [1.29, 1.82) is 0 Å². The van der Waals surface area contributed by atoms with Crippen molar-refractivity contribution in [2.75, 3.05) is 13.2 Å². The molecule has 0 radical (unpaired) electrons. The summed E-state index contributed by atoms with van der Waals surface area (Å²) in [6.45, 7) is 1.68. The molecule has 0 spiro atoms. The quantitative estimate of drug-likeness (QED) is 0.714. The largest absolute Gasteiger partial charge is 0.375 e. The fourth-order valence-electron chi connectivity index (χ4n) is 2.64. The van der Waals surface area contributed by atoms with E-state index >= 15 is 0 Å². The van der Waals surface area contributed by atoms with E-state index in [1.54, 1.807) is 0 Å². The zero-order chi connectivity index (χ0) is 11.6. The summed E-state index contributed by atoms with van der Waals surface area (Å²) in [5.74, 6) is 0. The van der Waals surface area contributed by atoms with E-state index in [9.17, 15) is 0 Å². The van der Waals surface area contributed by atoms with Crippen molar-refractivity contribution < 1.29 is 4.74 Å². The molecule has 0 bridgehead atoms. The summed E-state index contributed by atoms with van der Waals surface area (Å²) in [5, 5.41) is 4.68. The van der Waals surface area contributed by atoms with Crippen LogP contribution in [0.3, 0.4) is 0 Å². The summed E-state index contributed by atoms with van der Waals surface area (Å²) in [4.78, 5) is 0. The molecular weight excluding hydrogens is 212 g/mol. The van der Waals surface area contributed by atoms with Crippen LogP contribution in [0.1, 0.15) is 12.8 Å². The van der Waals surface area contributed by atoms with Gasteiger partial charge in [0.25, 0.3) is 0 Å². The first kappa shape index (κ1) is 10.7. The second kappa shape index (κ2) is 4.43. The van der Waals surface area contributed by atoms with E-state index in [2.05, 4.69) is 35.6 Å². The highest BCUT2D eigenvalue weighted by molar-refractivity contribution is 5.75. The summed E-state index contributed by atoms with van der Waals surface area (Å²) in [7, 11) is 0. The lowest BCUT2D eigenvalue weighted by Gasteiger charge is -2.35. The van der Waals surface area contributed by atoms with Gasteiger partial charge in [-0.05, 0) is 6.42 Å². The molecule has 2 aliphatic heterocycles. The van der Waals surface area contributed by atoms with Gasteiger partial charge >= 0.3 is 0 Å². The Labute approximate surface area is 102 Å². The van der Waals surface area contributed by atoms with Gasteiger partial charge in [0.05, 0.1) is 6.21 Å². The smallest absolute Gasteiger partial charge is 0.164 e. The van der Waals surface area contributed by atoms with Gasteiger partial charge in [-0.2, -0.15) is 0 Å². The molecule has 1 saturated heterocycles. The lowest BCUT2D eigenvalue weighted by atomic mass is 10.1. The van der Waals surface area contributed by atoms with Gasteiger partial charge < -0.3 is 4.74 Å². The Morgan fingerprint density at radius 3 is 2.76 bits per heavy atom. The van der Waals surface area contributed by atoms with Gasteiger partial charge in [-0.1, -0.05) is 23.3 Å². The van der Waals surface area contributed by atoms with Gasteiger partial charge in [-0.15, -0.1) is 4.59 Å². The van der Waals surface area contributed by atoms with E-state index in [1.807, 2.05) is 18.4 Å². The topological polar surface area (TPSA) is 21.6 Å².